The molecule has 0 saturated heterocycles. The maximum absolute atomic E-state index is 9.30. The van der Waals surface area contributed by atoms with Gasteiger partial charge >= 0.3 is 0 Å². The Labute approximate surface area is 54.1 Å². The summed E-state index contributed by atoms with van der Waals surface area (Å²) in [4.78, 5) is 0. The number of hydrogen-bond acceptors (Lipinski definition) is 2. The van der Waals surface area contributed by atoms with E-state index in [2.05, 4.69) is 10.7 Å². The van der Waals surface area contributed by atoms with E-state index < -0.39 is 5.60 Å². The number of rotatable bonds is 1. The van der Waals surface area contributed by atoms with Gasteiger partial charge in [0.15, 0.2) is 6.26 Å². The Balaban J connectivity index is 2.90. The lowest BCUT2D eigenvalue weighted by atomic mass is 10.0. The standard InChI is InChI=1S/C7H9O2/c1-7(2,8)6-3-4-9-5-6/h3,5,8H,1-2H3. The Bertz CT molecular complexity index is 169. The summed E-state index contributed by atoms with van der Waals surface area (Å²) >= 11 is 0. The van der Waals surface area contributed by atoms with E-state index in [4.69, 9.17) is 0 Å². The molecule has 2 nitrogen and oxygen atoms in total. The van der Waals surface area contributed by atoms with Gasteiger partial charge in [-0.3, -0.25) is 0 Å². The van der Waals surface area contributed by atoms with E-state index in [1.54, 1.807) is 19.9 Å². The van der Waals surface area contributed by atoms with Crippen molar-refractivity contribution < 1.29 is 9.52 Å². The lowest BCUT2D eigenvalue weighted by Crippen LogP contribution is -2.13. The molecule has 0 unspecified atom stereocenters. The van der Waals surface area contributed by atoms with Gasteiger partial charge in [0, 0.05) is 5.56 Å². The van der Waals surface area contributed by atoms with Crippen molar-refractivity contribution in [3.63, 3.8) is 0 Å². The highest BCUT2D eigenvalue weighted by Gasteiger charge is 2.16. The molecular formula is C7H9O2. The molecule has 0 atom stereocenters. The van der Waals surface area contributed by atoms with Crippen LogP contribution in [0.1, 0.15) is 19.4 Å². The maximum atomic E-state index is 9.30. The third-order valence-corrected chi connectivity index (χ3v) is 1.17. The molecule has 9 heavy (non-hydrogen) atoms. The summed E-state index contributed by atoms with van der Waals surface area (Å²) in [5, 5.41) is 9.30. The summed E-state index contributed by atoms with van der Waals surface area (Å²) in [6, 6.07) is 1.62. The van der Waals surface area contributed by atoms with Crippen LogP contribution in [0.3, 0.4) is 0 Å². The fourth-order valence-corrected chi connectivity index (χ4v) is 0.550. The number of hydrogen-bond donors (Lipinski definition) is 1. The van der Waals surface area contributed by atoms with E-state index in [0.29, 0.717) is 0 Å². The average molecular weight is 125 g/mol. The second-order valence-corrected chi connectivity index (χ2v) is 2.51. The second kappa shape index (κ2) is 1.88. The van der Waals surface area contributed by atoms with E-state index in [0.717, 1.165) is 5.56 Å². The van der Waals surface area contributed by atoms with Gasteiger partial charge < -0.3 is 9.52 Å². The molecule has 1 aromatic rings. The van der Waals surface area contributed by atoms with Gasteiger partial charge in [0.25, 0.3) is 0 Å². The third kappa shape index (κ3) is 1.33. The van der Waals surface area contributed by atoms with Gasteiger partial charge in [-0.25, -0.2) is 0 Å². The monoisotopic (exact) mass is 125 g/mol. The van der Waals surface area contributed by atoms with Crippen molar-refractivity contribution in [1.29, 1.82) is 0 Å². The van der Waals surface area contributed by atoms with E-state index >= 15 is 0 Å². The van der Waals surface area contributed by atoms with Crippen LogP contribution in [-0.4, -0.2) is 5.11 Å². The minimum atomic E-state index is -0.802. The van der Waals surface area contributed by atoms with Crippen molar-refractivity contribution in [2.24, 2.45) is 0 Å². The Morgan fingerprint density at radius 1 is 1.67 bits per heavy atom. The first kappa shape index (κ1) is 6.36. The molecule has 1 radical (unpaired) electrons. The molecule has 0 fully saturated rings. The van der Waals surface area contributed by atoms with E-state index in [1.165, 1.54) is 6.26 Å². The molecule has 1 rings (SSSR count). The first-order valence-electron chi connectivity index (χ1n) is 2.78. The minimum Gasteiger partial charge on any atom is -0.461 e. The molecule has 0 bridgehead atoms. The highest BCUT2D eigenvalue weighted by Crippen LogP contribution is 2.18. The summed E-state index contributed by atoms with van der Waals surface area (Å²) in [6.45, 7) is 3.40. The Morgan fingerprint density at radius 2 is 2.33 bits per heavy atom. The van der Waals surface area contributed by atoms with Crippen LogP contribution >= 0.6 is 0 Å². The van der Waals surface area contributed by atoms with Gasteiger partial charge in [0.2, 0.25) is 0 Å². The maximum Gasteiger partial charge on any atom is 0.169 e. The summed E-state index contributed by atoms with van der Waals surface area (Å²) in [5.41, 5.74) is -0.0498. The van der Waals surface area contributed by atoms with Gasteiger partial charge in [-0.2, -0.15) is 0 Å². The van der Waals surface area contributed by atoms with Crippen LogP contribution < -0.4 is 0 Å². The van der Waals surface area contributed by atoms with Gasteiger partial charge in [0.05, 0.1) is 11.9 Å². The van der Waals surface area contributed by atoms with Crippen LogP contribution in [0, 0.1) is 6.26 Å². The van der Waals surface area contributed by atoms with Gasteiger partial charge in [-0.05, 0) is 19.9 Å². The molecule has 0 spiro atoms. The molecule has 0 amide bonds. The van der Waals surface area contributed by atoms with Crippen molar-refractivity contribution in [2.75, 3.05) is 0 Å². The number of aliphatic hydroxyl groups is 1. The molecule has 0 aromatic carbocycles. The molecule has 49 valence electrons. The number of furan rings is 1. The van der Waals surface area contributed by atoms with E-state index in [-0.39, 0.29) is 0 Å². The third-order valence-electron chi connectivity index (χ3n) is 1.17. The fraction of sp³-hybridized carbons (Fsp3) is 0.429. The van der Waals surface area contributed by atoms with Crippen molar-refractivity contribution >= 4 is 0 Å². The van der Waals surface area contributed by atoms with Crippen molar-refractivity contribution in [3.05, 3.63) is 24.2 Å². The second-order valence-electron chi connectivity index (χ2n) is 2.51. The summed E-state index contributed by atoms with van der Waals surface area (Å²) in [7, 11) is 0. The van der Waals surface area contributed by atoms with Crippen LogP contribution in [0.15, 0.2) is 16.7 Å². The zero-order valence-corrected chi connectivity index (χ0v) is 5.51. The molecular weight excluding hydrogens is 116 g/mol. The SMILES string of the molecule is CC(C)(O)c1c[c]oc1. The van der Waals surface area contributed by atoms with E-state index in [1.807, 2.05) is 0 Å². The smallest absolute Gasteiger partial charge is 0.169 e. The topological polar surface area (TPSA) is 33.4 Å². The van der Waals surface area contributed by atoms with Gasteiger partial charge in [-0.15, -0.1) is 0 Å². The zero-order valence-electron chi connectivity index (χ0n) is 5.51. The predicted molar refractivity (Wildman–Crippen MR) is 32.8 cm³/mol. The van der Waals surface area contributed by atoms with Crippen molar-refractivity contribution in [3.8, 4) is 0 Å². The lowest BCUT2D eigenvalue weighted by Gasteiger charge is -2.13. The molecule has 1 N–H and O–H groups in total. The molecule has 0 saturated carbocycles. The van der Waals surface area contributed by atoms with Gasteiger partial charge in [-0.1, -0.05) is 0 Å². The summed E-state index contributed by atoms with van der Waals surface area (Å²) in [5.74, 6) is 0. The predicted octanol–water partition coefficient (Wildman–Crippen LogP) is 1.31. The largest absolute Gasteiger partial charge is 0.461 e. The van der Waals surface area contributed by atoms with E-state index in [9.17, 15) is 5.11 Å². The molecule has 0 aliphatic carbocycles. The highest BCUT2D eigenvalue weighted by atomic mass is 16.3. The summed E-state index contributed by atoms with van der Waals surface area (Å²) in [6.07, 6.45) is 3.99. The average Bonchev–Trinajstić information content (AvgIpc) is 2.08. The first-order valence-corrected chi connectivity index (χ1v) is 2.78. The van der Waals surface area contributed by atoms with Crippen molar-refractivity contribution in [1.82, 2.24) is 0 Å². The zero-order chi connectivity index (χ0) is 6.91. The van der Waals surface area contributed by atoms with Crippen LogP contribution in [0.2, 0.25) is 0 Å². The normalized spacial score (nSPS) is 11.9. The highest BCUT2D eigenvalue weighted by molar-refractivity contribution is 5.12. The van der Waals surface area contributed by atoms with Crippen molar-refractivity contribution in [2.45, 2.75) is 19.4 Å². The molecule has 0 aliphatic heterocycles. The Morgan fingerprint density at radius 3 is 2.56 bits per heavy atom. The van der Waals surface area contributed by atoms with Crippen LogP contribution in [-0.2, 0) is 5.60 Å². The Hall–Kier alpha value is -0.760. The fourth-order valence-electron chi connectivity index (χ4n) is 0.550. The molecule has 2 heteroatoms. The first-order chi connectivity index (χ1) is 4.11. The molecule has 1 aromatic heterocycles. The van der Waals surface area contributed by atoms with Crippen LogP contribution in [0.4, 0.5) is 0 Å². The molecule has 0 aliphatic rings. The minimum absolute atomic E-state index is 0.752. The van der Waals surface area contributed by atoms with Gasteiger partial charge in [0.1, 0.15) is 0 Å². The lowest BCUT2D eigenvalue weighted by molar-refractivity contribution is 0.0779. The van der Waals surface area contributed by atoms with Crippen LogP contribution in [0.25, 0.3) is 0 Å². The van der Waals surface area contributed by atoms with Crippen LogP contribution in [0.5, 0.6) is 0 Å². The Kier molecular flexibility index (Phi) is 1.33. The quantitative estimate of drug-likeness (QED) is 0.613. The summed E-state index contributed by atoms with van der Waals surface area (Å²) < 4.78 is 4.66. The molecule has 1 heterocycles.